The predicted octanol–water partition coefficient (Wildman–Crippen LogP) is 1.31. The van der Waals surface area contributed by atoms with Crippen LogP contribution in [0.4, 0.5) is 4.79 Å². The fourth-order valence-corrected chi connectivity index (χ4v) is 1.06. The summed E-state index contributed by atoms with van der Waals surface area (Å²) in [5.74, 6) is 0. The van der Waals surface area contributed by atoms with Crippen LogP contribution in [0.15, 0.2) is 23.3 Å². The van der Waals surface area contributed by atoms with E-state index in [1.54, 1.807) is 6.21 Å². The Kier molecular flexibility index (Phi) is 3.23. The lowest BCUT2D eigenvalue weighted by molar-refractivity contribution is 0.249. The lowest BCUT2D eigenvalue weighted by Crippen LogP contribution is -2.24. The second-order valence-corrected chi connectivity index (χ2v) is 3.09. The Labute approximate surface area is 82.8 Å². The third-order valence-electron chi connectivity index (χ3n) is 1.81. The van der Waals surface area contributed by atoms with Gasteiger partial charge in [0.1, 0.15) is 0 Å². The molecular weight excluding hydrogens is 178 g/mol. The van der Waals surface area contributed by atoms with Gasteiger partial charge in [-0.1, -0.05) is 23.8 Å². The van der Waals surface area contributed by atoms with Crippen LogP contribution in [0.25, 0.3) is 0 Å². The highest BCUT2D eigenvalue weighted by molar-refractivity contribution is 5.83. The number of benzene rings is 1. The molecule has 0 unspecified atom stereocenters. The summed E-state index contributed by atoms with van der Waals surface area (Å²) in [6.07, 6.45) is 1.58. The van der Waals surface area contributed by atoms with E-state index in [1.807, 2.05) is 32.0 Å². The van der Waals surface area contributed by atoms with E-state index in [-0.39, 0.29) is 0 Å². The second kappa shape index (κ2) is 4.41. The van der Waals surface area contributed by atoms with Gasteiger partial charge in [-0.25, -0.2) is 10.2 Å². The normalized spacial score (nSPS) is 10.4. The molecule has 4 heteroatoms. The first-order chi connectivity index (χ1) is 6.59. The number of nitrogens with zero attached hydrogens (tertiary/aromatic N) is 1. The van der Waals surface area contributed by atoms with Crippen molar-refractivity contribution in [1.29, 1.82) is 0 Å². The van der Waals surface area contributed by atoms with E-state index in [1.165, 1.54) is 0 Å². The van der Waals surface area contributed by atoms with Crippen molar-refractivity contribution in [2.75, 3.05) is 0 Å². The smallest absolute Gasteiger partial charge is 0.332 e. The Morgan fingerprint density at radius 3 is 2.86 bits per heavy atom. The first-order valence-corrected chi connectivity index (χ1v) is 4.25. The average Bonchev–Trinajstić information content (AvgIpc) is 2.10. The molecule has 1 aromatic carbocycles. The number of nitrogens with one attached hydrogen (secondary N) is 1. The number of nitrogens with two attached hydrogens (primary N) is 1. The maximum Gasteiger partial charge on any atom is 0.332 e. The zero-order valence-electron chi connectivity index (χ0n) is 8.24. The van der Waals surface area contributed by atoms with Gasteiger partial charge in [-0.05, 0) is 25.0 Å². The van der Waals surface area contributed by atoms with Gasteiger partial charge in [0.15, 0.2) is 0 Å². The van der Waals surface area contributed by atoms with Crippen molar-refractivity contribution in [2.24, 2.45) is 10.8 Å². The highest BCUT2D eigenvalue weighted by atomic mass is 16.2. The molecule has 2 amide bonds. The molecule has 1 rings (SSSR count). The molecule has 0 aliphatic heterocycles. The van der Waals surface area contributed by atoms with Gasteiger partial charge in [-0.3, -0.25) is 0 Å². The summed E-state index contributed by atoms with van der Waals surface area (Å²) in [6.45, 7) is 3.98. The molecule has 0 atom stereocenters. The number of urea groups is 1. The number of rotatable bonds is 2. The molecule has 0 radical (unpaired) electrons. The molecule has 74 valence electrons. The van der Waals surface area contributed by atoms with E-state index >= 15 is 0 Å². The Morgan fingerprint density at radius 2 is 2.21 bits per heavy atom. The molecule has 0 fully saturated rings. The third kappa shape index (κ3) is 2.90. The topological polar surface area (TPSA) is 67.5 Å². The molecule has 0 spiro atoms. The van der Waals surface area contributed by atoms with E-state index in [2.05, 4.69) is 10.5 Å². The van der Waals surface area contributed by atoms with Crippen molar-refractivity contribution in [2.45, 2.75) is 13.8 Å². The van der Waals surface area contributed by atoms with Gasteiger partial charge in [0, 0.05) is 0 Å². The highest BCUT2D eigenvalue weighted by Crippen LogP contribution is 2.07. The van der Waals surface area contributed by atoms with Crippen LogP contribution in [0.5, 0.6) is 0 Å². The number of carbonyl (C=O) groups excluding carboxylic acids is 1. The Balaban J connectivity index is 2.80. The molecule has 3 N–H and O–H groups in total. The molecule has 0 aromatic heterocycles. The number of hydrazone groups is 1. The van der Waals surface area contributed by atoms with E-state index in [9.17, 15) is 4.79 Å². The minimum atomic E-state index is -0.661. The van der Waals surface area contributed by atoms with Crippen LogP contribution < -0.4 is 11.2 Å². The first-order valence-electron chi connectivity index (χ1n) is 4.25. The van der Waals surface area contributed by atoms with E-state index in [4.69, 9.17) is 5.73 Å². The monoisotopic (exact) mass is 191 g/mol. The maximum absolute atomic E-state index is 10.3. The first kappa shape index (κ1) is 10.2. The number of hydrogen-bond acceptors (Lipinski definition) is 2. The Hall–Kier alpha value is -1.84. The quantitative estimate of drug-likeness (QED) is 0.537. The fourth-order valence-electron chi connectivity index (χ4n) is 1.06. The van der Waals surface area contributed by atoms with Crippen molar-refractivity contribution in [1.82, 2.24) is 5.43 Å². The average molecular weight is 191 g/mol. The number of primary amides is 1. The molecule has 0 bridgehead atoms. The van der Waals surface area contributed by atoms with Crippen LogP contribution in [0.2, 0.25) is 0 Å². The van der Waals surface area contributed by atoms with Gasteiger partial charge in [-0.2, -0.15) is 5.10 Å². The van der Waals surface area contributed by atoms with Crippen LogP contribution in [0.3, 0.4) is 0 Å². The van der Waals surface area contributed by atoms with Crippen molar-refractivity contribution < 1.29 is 4.79 Å². The summed E-state index contributed by atoms with van der Waals surface area (Å²) in [5, 5.41) is 3.69. The molecule has 0 aliphatic carbocycles. The number of amides is 2. The summed E-state index contributed by atoms with van der Waals surface area (Å²) in [4.78, 5) is 10.3. The van der Waals surface area contributed by atoms with Crippen molar-refractivity contribution >= 4 is 12.2 Å². The summed E-state index contributed by atoms with van der Waals surface area (Å²) in [5.41, 5.74) is 10.2. The maximum atomic E-state index is 10.3. The van der Waals surface area contributed by atoms with Gasteiger partial charge in [0.25, 0.3) is 0 Å². The second-order valence-electron chi connectivity index (χ2n) is 3.09. The molecule has 0 heterocycles. The summed E-state index contributed by atoms with van der Waals surface area (Å²) in [6, 6.07) is 5.35. The molecule has 0 aliphatic rings. The minimum Gasteiger partial charge on any atom is -0.350 e. The molecular formula is C10H13N3O. The summed E-state index contributed by atoms with van der Waals surface area (Å²) >= 11 is 0. The molecule has 14 heavy (non-hydrogen) atoms. The van der Waals surface area contributed by atoms with Gasteiger partial charge >= 0.3 is 6.03 Å². The van der Waals surface area contributed by atoms with Gasteiger partial charge < -0.3 is 5.73 Å². The number of aryl methyl sites for hydroxylation is 2. The number of carbonyl (C=O) groups is 1. The zero-order valence-corrected chi connectivity index (χ0v) is 8.24. The molecule has 1 aromatic rings. The van der Waals surface area contributed by atoms with Crippen LogP contribution in [-0.2, 0) is 0 Å². The van der Waals surface area contributed by atoms with E-state index < -0.39 is 6.03 Å². The third-order valence-corrected chi connectivity index (χ3v) is 1.81. The Bertz CT molecular complexity index is 372. The molecule has 0 saturated heterocycles. The minimum absolute atomic E-state index is 0.661. The van der Waals surface area contributed by atoms with Crippen LogP contribution in [0.1, 0.15) is 16.7 Å². The summed E-state index contributed by atoms with van der Waals surface area (Å²) < 4.78 is 0. The lowest BCUT2D eigenvalue weighted by atomic mass is 10.1. The summed E-state index contributed by atoms with van der Waals surface area (Å²) in [7, 11) is 0. The lowest BCUT2D eigenvalue weighted by Gasteiger charge is -2.00. The van der Waals surface area contributed by atoms with Gasteiger partial charge in [0.2, 0.25) is 0 Å². The van der Waals surface area contributed by atoms with E-state index in [0.29, 0.717) is 0 Å². The van der Waals surface area contributed by atoms with Crippen LogP contribution >= 0.6 is 0 Å². The van der Waals surface area contributed by atoms with Crippen LogP contribution in [-0.4, -0.2) is 12.2 Å². The van der Waals surface area contributed by atoms with Crippen molar-refractivity contribution in [3.63, 3.8) is 0 Å². The van der Waals surface area contributed by atoms with Gasteiger partial charge in [0.05, 0.1) is 6.21 Å². The Morgan fingerprint density at radius 1 is 1.50 bits per heavy atom. The highest BCUT2D eigenvalue weighted by Gasteiger charge is 1.94. The van der Waals surface area contributed by atoms with Crippen molar-refractivity contribution in [3.8, 4) is 0 Å². The van der Waals surface area contributed by atoms with Crippen LogP contribution in [0, 0.1) is 13.8 Å². The largest absolute Gasteiger partial charge is 0.350 e. The predicted molar refractivity (Wildman–Crippen MR) is 56.2 cm³/mol. The number of hydrogen-bond donors (Lipinski definition) is 2. The standard InChI is InChI=1S/C10H13N3O/c1-7-3-4-8(2)9(5-7)6-12-13-10(11)14/h3-6H,1-2H3,(H3,11,13,14). The molecule has 4 nitrogen and oxygen atoms in total. The molecule has 0 saturated carbocycles. The zero-order chi connectivity index (χ0) is 10.6. The fraction of sp³-hybridized carbons (Fsp3) is 0.200. The van der Waals surface area contributed by atoms with Gasteiger partial charge in [-0.15, -0.1) is 0 Å². The van der Waals surface area contributed by atoms with Crippen molar-refractivity contribution in [3.05, 3.63) is 34.9 Å². The SMILES string of the molecule is Cc1ccc(C)c(C=NNC(N)=O)c1. The van der Waals surface area contributed by atoms with E-state index in [0.717, 1.165) is 16.7 Å².